The number of nitro groups is 1. The molecule has 0 atom stereocenters. The SMILES string of the molecule is CC(=O)O.O=c1nc2sc(=Cc3ccc([N+](=O)[O-])cc3)c(=O)n2nc1Cc1ccc(F)cc1. The first-order valence-electron chi connectivity index (χ1n) is 9.27. The van der Waals surface area contributed by atoms with Crippen molar-refractivity contribution < 1.29 is 19.2 Å². The molecule has 2 heterocycles. The minimum absolute atomic E-state index is 0.0556. The third-order valence-corrected chi connectivity index (χ3v) is 5.10. The predicted octanol–water partition coefficient (Wildman–Crippen LogP) is 1.79. The molecule has 4 rings (SSSR count). The van der Waals surface area contributed by atoms with Gasteiger partial charge < -0.3 is 5.11 Å². The molecular formula is C21H15FN4O6S. The number of nitrogens with zero attached hydrogens (tertiary/aromatic N) is 4. The molecule has 4 aromatic rings. The molecule has 0 unspecified atom stereocenters. The number of non-ortho nitro benzene ring substituents is 1. The maximum absolute atomic E-state index is 13.0. The number of rotatable bonds is 4. The van der Waals surface area contributed by atoms with Crippen LogP contribution in [0.1, 0.15) is 23.7 Å². The Kier molecular flexibility index (Phi) is 6.98. The van der Waals surface area contributed by atoms with Crippen LogP contribution in [0.5, 0.6) is 0 Å². The van der Waals surface area contributed by atoms with Crippen LogP contribution in [-0.2, 0) is 11.2 Å². The third-order valence-electron chi connectivity index (χ3n) is 4.14. The quantitative estimate of drug-likeness (QED) is 0.351. The number of hydrogen-bond donors (Lipinski definition) is 1. The van der Waals surface area contributed by atoms with Gasteiger partial charge in [0, 0.05) is 25.5 Å². The Morgan fingerprint density at radius 1 is 1.18 bits per heavy atom. The Labute approximate surface area is 188 Å². The predicted molar refractivity (Wildman–Crippen MR) is 118 cm³/mol. The molecule has 0 bridgehead atoms. The van der Waals surface area contributed by atoms with Gasteiger partial charge in [0.1, 0.15) is 11.5 Å². The van der Waals surface area contributed by atoms with E-state index in [-0.39, 0.29) is 27.3 Å². The Bertz CT molecular complexity index is 1490. The first-order chi connectivity index (χ1) is 15.6. The second-order valence-corrected chi connectivity index (χ2v) is 7.65. The van der Waals surface area contributed by atoms with Gasteiger partial charge >= 0.3 is 0 Å². The van der Waals surface area contributed by atoms with Crippen LogP contribution in [0, 0.1) is 15.9 Å². The van der Waals surface area contributed by atoms with E-state index in [1.165, 1.54) is 48.5 Å². The monoisotopic (exact) mass is 470 g/mol. The number of carboxylic acids is 1. The number of carboxylic acid groups (broad SMARTS) is 1. The van der Waals surface area contributed by atoms with Crippen LogP contribution in [0.2, 0.25) is 0 Å². The summed E-state index contributed by atoms with van der Waals surface area (Å²) in [4.78, 5) is 48.2. The molecule has 0 aliphatic carbocycles. The standard InChI is InChI=1S/C19H11FN4O4S.C2H4O2/c20-13-5-1-11(2-6-13)9-15-17(25)21-19-23(22-15)18(26)16(29-19)10-12-3-7-14(8-4-12)24(27)28;1-2(3)4/h1-8,10H,9H2;1H3,(H,3,4). The molecule has 0 radical (unpaired) electrons. The summed E-state index contributed by atoms with van der Waals surface area (Å²) < 4.78 is 14.4. The van der Waals surface area contributed by atoms with E-state index in [0.717, 1.165) is 22.8 Å². The minimum Gasteiger partial charge on any atom is -0.481 e. The summed E-state index contributed by atoms with van der Waals surface area (Å²) in [5, 5.41) is 22.3. The van der Waals surface area contributed by atoms with Crippen molar-refractivity contribution in [3.05, 3.63) is 107 Å². The van der Waals surface area contributed by atoms with Gasteiger partial charge in [0.15, 0.2) is 0 Å². The topological polar surface area (TPSA) is 145 Å². The number of hydrogen-bond acceptors (Lipinski definition) is 8. The van der Waals surface area contributed by atoms with Crippen molar-refractivity contribution in [1.29, 1.82) is 0 Å². The second kappa shape index (κ2) is 9.87. The highest BCUT2D eigenvalue weighted by Crippen LogP contribution is 2.12. The zero-order valence-corrected chi connectivity index (χ0v) is 17.8. The fraction of sp³-hybridized carbons (Fsp3) is 0.0952. The molecule has 12 heteroatoms. The van der Waals surface area contributed by atoms with Crippen LogP contribution < -0.4 is 15.7 Å². The molecule has 0 aliphatic rings. The molecule has 0 saturated carbocycles. The van der Waals surface area contributed by atoms with Crippen LogP contribution in [0.4, 0.5) is 10.1 Å². The normalized spacial score (nSPS) is 11.2. The van der Waals surface area contributed by atoms with E-state index in [9.17, 15) is 24.1 Å². The molecule has 0 saturated heterocycles. The smallest absolute Gasteiger partial charge is 0.300 e. The van der Waals surface area contributed by atoms with Crippen LogP contribution in [-0.4, -0.2) is 30.6 Å². The van der Waals surface area contributed by atoms with Gasteiger partial charge in [-0.3, -0.25) is 24.5 Å². The van der Waals surface area contributed by atoms with E-state index >= 15 is 0 Å². The lowest BCUT2D eigenvalue weighted by atomic mass is 10.1. The number of nitro benzene ring substituents is 1. The summed E-state index contributed by atoms with van der Waals surface area (Å²) in [5.74, 6) is -1.22. The van der Waals surface area contributed by atoms with E-state index in [1.54, 1.807) is 6.08 Å². The summed E-state index contributed by atoms with van der Waals surface area (Å²) in [6.45, 7) is 1.08. The summed E-state index contributed by atoms with van der Waals surface area (Å²) >= 11 is 0.998. The van der Waals surface area contributed by atoms with Gasteiger partial charge in [0.05, 0.1) is 9.46 Å². The zero-order valence-electron chi connectivity index (χ0n) is 17.0. The maximum atomic E-state index is 13.0. The van der Waals surface area contributed by atoms with Gasteiger partial charge in [-0.2, -0.15) is 14.6 Å². The molecule has 2 aromatic heterocycles. The van der Waals surface area contributed by atoms with Gasteiger partial charge in [-0.1, -0.05) is 23.5 Å². The molecule has 2 aromatic carbocycles. The molecule has 168 valence electrons. The largest absolute Gasteiger partial charge is 0.481 e. The number of carbonyl (C=O) groups is 1. The molecular weight excluding hydrogens is 455 g/mol. The van der Waals surface area contributed by atoms with Crippen molar-refractivity contribution in [2.75, 3.05) is 0 Å². The maximum Gasteiger partial charge on any atom is 0.300 e. The number of aliphatic carboxylic acids is 1. The molecule has 0 aliphatic heterocycles. The average Bonchev–Trinajstić information content (AvgIpc) is 3.04. The fourth-order valence-electron chi connectivity index (χ4n) is 2.69. The van der Waals surface area contributed by atoms with Gasteiger partial charge in [0.25, 0.3) is 22.8 Å². The van der Waals surface area contributed by atoms with Crippen molar-refractivity contribution in [1.82, 2.24) is 14.6 Å². The molecule has 33 heavy (non-hydrogen) atoms. The lowest BCUT2D eigenvalue weighted by Gasteiger charge is -2.00. The molecule has 1 N–H and O–H groups in total. The van der Waals surface area contributed by atoms with E-state index in [2.05, 4.69) is 10.1 Å². The first-order valence-corrected chi connectivity index (χ1v) is 10.1. The Hall–Kier alpha value is -4.32. The summed E-state index contributed by atoms with van der Waals surface area (Å²) in [5.41, 5.74) is 0.270. The van der Waals surface area contributed by atoms with Crippen LogP contribution in [0.15, 0.2) is 58.1 Å². The summed E-state index contributed by atoms with van der Waals surface area (Å²) in [6.07, 6.45) is 1.67. The Morgan fingerprint density at radius 2 is 1.79 bits per heavy atom. The average molecular weight is 470 g/mol. The highest BCUT2D eigenvalue weighted by atomic mass is 32.1. The Balaban J connectivity index is 0.000000709. The van der Waals surface area contributed by atoms with Crippen LogP contribution in [0.25, 0.3) is 11.0 Å². The van der Waals surface area contributed by atoms with Crippen molar-refractivity contribution in [2.24, 2.45) is 0 Å². The highest BCUT2D eigenvalue weighted by Gasteiger charge is 2.12. The number of aromatic nitrogens is 3. The fourth-order valence-corrected chi connectivity index (χ4v) is 3.60. The molecule has 0 amide bonds. The Morgan fingerprint density at radius 3 is 2.36 bits per heavy atom. The van der Waals surface area contributed by atoms with Crippen molar-refractivity contribution in [2.45, 2.75) is 13.3 Å². The van der Waals surface area contributed by atoms with Crippen molar-refractivity contribution in [3.8, 4) is 0 Å². The zero-order chi connectivity index (χ0) is 24.1. The molecule has 0 fully saturated rings. The minimum atomic E-state index is -0.833. The number of halogens is 1. The van der Waals surface area contributed by atoms with Gasteiger partial charge in [0.2, 0.25) is 4.96 Å². The lowest BCUT2D eigenvalue weighted by molar-refractivity contribution is -0.384. The number of thiazole rings is 1. The van der Waals surface area contributed by atoms with E-state index in [4.69, 9.17) is 9.90 Å². The van der Waals surface area contributed by atoms with E-state index < -0.39 is 27.8 Å². The second-order valence-electron chi connectivity index (χ2n) is 6.64. The third kappa shape index (κ3) is 5.89. The first kappa shape index (κ1) is 23.3. The summed E-state index contributed by atoms with van der Waals surface area (Å²) in [6, 6.07) is 11.3. The van der Waals surface area contributed by atoms with E-state index in [0.29, 0.717) is 11.1 Å². The van der Waals surface area contributed by atoms with Crippen LogP contribution in [0.3, 0.4) is 0 Å². The van der Waals surface area contributed by atoms with Gasteiger partial charge in [-0.25, -0.2) is 4.39 Å². The van der Waals surface area contributed by atoms with Gasteiger partial charge in [-0.15, -0.1) is 0 Å². The molecule has 10 nitrogen and oxygen atoms in total. The van der Waals surface area contributed by atoms with E-state index in [1.807, 2.05) is 0 Å². The van der Waals surface area contributed by atoms with Crippen molar-refractivity contribution >= 4 is 34.0 Å². The summed E-state index contributed by atoms with van der Waals surface area (Å²) in [7, 11) is 0. The molecule has 0 spiro atoms. The number of fused-ring (bicyclic) bond motifs is 1. The van der Waals surface area contributed by atoms with Crippen LogP contribution >= 0.6 is 11.3 Å². The van der Waals surface area contributed by atoms with Gasteiger partial charge in [-0.05, 0) is 41.5 Å². The van der Waals surface area contributed by atoms with Crippen molar-refractivity contribution in [3.63, 3.8) is 0 Å². The highest BCUT2D eigenvalue weighted by molar-refractivity contribution is 7.15. The number of benzene rings is 2. The lowest BCUT2D eigenvalue weighted by Crippen LogP contribution is -2.28.